The van der Waals surface area contributed by atoms with Gasteiger partial charge in [-0.25, -0.2) is 8.42 Å². The summed E-state index contributed by atoms with van der Waals surface area (Å²) in [5.74, 6) is 0. The van der Waals surface area contributed by atoms with E-state index in [0.29, 0.717) is 10.9 Å². The molecule has 1 rings (SSSR count). The first kappa shape index (κ1) is 16.3. The zero-order chi connectivity index (χ0) is 14.5. The number of benzene rings is 1. The number of hydrogen-bond acceptors (Lipinski definition) is 4. The molecule has 0 amide bonds. The first-order valence-corrected chi connectivity index (χ1v) is 9.33. The number of rotatable bonds is 7. The number of thioether (sulfide) groups is 1. The molecule has 0 heterocycles. The zero-order valence-corrected chi connectivity index (χ0v) is 13.4. The summed E-state index contributed by atoms with van der Waals surface area (Å²) in [5, 5.41) is 4.04. The van der Waals surface area contributed by atoms with Crippen LogP contribution in [0.3, 0.4) is 0 Å². The molecule has 0 saturated carbocycles. The summed E-state index contributed by atoms with van der Waals surface area (Å²) in [7, 11) is -3.20. The Morgan fingerprint density at radius 2 is 1.79 bits per heavy atom. The smallest absolute Gasteiger partial charge is 0.229 e. The van der Waals surface area contributed by atoms with E-state index in [2.05, 4.69) is 30.1 Å². The van der Waals surface area contributed by atoms with E-state index in [1.165, 1.54) is 0 Å². The van der Waals surface area contributed by atoms with Crippen molar-refractivity contribution in [1.82, 2.24) is 5.32 Å². The van der Waals surface area contributed by atoms with Gasteiger partial charge in [-0.15, -0.1) is 0 Å². The van der Waals surface area contributed by atoms with E-state index in [1.54, 1.807) is 12.1 Å². The molecule has 19 heavy (non-hydrogen) atoms. The van der Waals surface area contributed by atoms with E-state index in [0.717, 1.165) is 18.4 Å². The maximum Gasteiger partial charge on any atom is 0.229 e. The van der Waals surface area contributed by atoms with Crippen LogP contribution in [0.25, 0.3) is 0 Å². The monoisotopic (exact) mass is 302 g/mol. The van der Waals surface area contributed by atoms with Gasteiger partial charge in [-0.05, 0) is 30.9 Å². The lowest BCUT2D eigenvalue weighted by Gasteiger charge is -2.17. The Morgan fingerprint density at radius 1 is 1.21 bits per heavy atom. The summed E-state index contributed by atoms with van der Waals surface area (Å²) in [6.07, 6.45) is 3.25. The van der Waals surface area contributed by atoms with Crippen molar-refractivity contribution in [2.75, 3.05) is 23.8 Å². The van der Waals surface area contributed by atoms with Crippen LogP contribution in [0.4, 0.5) is 5.69 Å². The summed E-state index contributed by atoms with van der Waals surface area (Å²) in [4.78, 5) is 0. The van der Waals surface area contributed by atoms with Crippen LogP contribution in [-0.2, 0) is 10.0 Å². The normalized spacial score (nSPS) is 14.9. The second-order valence-corrected chi connectivity index (χ2v) is 7.70. The summed E-state index contributed by atoms with van der Waals surface area (Å²) in [6.45, 7) is 5.24. The predicted molar refractivity (Wildman–Crippen MR) is 84.3 cm³/mol. The van der Waals surface area contributed by atoms with Gasteiger partial charge in [0.15, 0.2) is 0 Å². The molecule has 0 aliphatic carbocycles. The highest BCUT2D eigenvalue weighted by Crippen LogP contribution is 2.17. The highest BCUT2D eigenvalue weighted by atomic mass is 32.2. The summed E-state index contributed by atoms with van der Waals surface area (Å²) < 4.78 is 24.7. The van der Waals surface area contributed by atoms with E-state index in [-0.39, 0.29) is 6.04 Å². The first-order valence-electron chi connectivity index (χ1n) is 6.15. The summed E-state index contributed by atoms with van der Waals surface area (Å²) in [6, 6.07) is 7.70. The molecular formula is C13H22N2O2S2. The lowest BCUT2D eigenvalue weighted by atomic mass is 10.1. The van der Waals surface area contributed by atoms with E-state index in [1.807, 2.05) is 23.9 Å². The largest absolute Gasteiger partial charge is 0.309 e. The van der Waals surface area contributed by atoms with Gasteiger partial charge in [0.25, 0.3) is 0 Å². The van der Waals surface area contributed by atoms with Crippen molar-refractivity contribution in [3.8, 4) is 0 Å². The predicted octanol–water partition coefficient (Wildman–Crippen LogP) is 2.46. The minimum atomic E-state index is -3.20. The SMILES string of the molecule is CS[C@@H](C)CN[C@H](C)c1ccc(NS(C)(=O)=O)cc1. The van der Waals surface area contributed by atoms with Gasteiger partial charge in [0.2, 0.25) is 10.0 Å². The van der Waals surface area contributed by atoms with Gasteiger partial charge < -0.3 is 5.32 Å². The molecule has 0 bridgehead atoms. The van der Waals surface area contributed by atoms with Gasteiger partial charge in [-0.3, -0.25) is 4.72 Å². The average Bonchev–Trinajstić information content (AvgIpc) is 2.34. The maximum absolute atomic E-state index is 11.1. The molecule has 0 aliphatic heterocycles. The van der Waals surface area contributed by atoms with E-state index in [9.17, 15) is 8.42 Å². The molecule has 108 valence electrons. The molecule has 0 aromatic heterocycles. The third-order valence-corrected chi connectivity index (χ3v) is 4.41. The Labute approximate surface area is 120 Å². The Hall–Kier alpha value is -0.720. The lowest BCUT2D eigenvalue weighted by Crippen LogP contribution is -2.25. The highest BCUT2D eigenvalue weighted by Gasteiger charge is 2.07. The van der Waals surface area contributed by atoms with Gasteiger partial charge in [-0.1, -0.05) is 19.1 Å². The van der Waals surface area contributed by atoms with Crippen LogP contribution in [0.2, 0.25) is 0 Å². The van der Waals surface area contributed by atoms with Crippen LogP contribution in [0.5, 0.6) is 0 Å². The Balaban J connectivity index is 2.60. The molecule has 0 spiro atoms. The number of nitrogens with one attached hydrogen (secondary N) is 2. The number of hydrogen-bond donors (Lipinski definition) is 2. The van der Waals surface area contributed by atoms with Crippen molar-refractivity contribution in [2.24, 2.45) is 0 Å². The number of anilines is 1. The molecule has 0 fully saturated rings. The molecule has 0 aliphatic rings. The molecule has 2 N–H and O–H groups in total. The molecule has 1 aromatic rings. The van der Waals surface area contributed by atoms with Crippen molar-refractivity contribution >= 4 is 27.5 Å². The summed E-state index contributed by atoms with van der Waals surface area (Å²) in [5.41, 5.74) is 1.74. The fourth-order valence-corrected chi connectivity index (χ4v) is 2.42. The van der Waals surface area contributed by atoms with Crippen LogP contribution in [0.1, 0.15) is 25.5 Å². The van der Waals surface area contributed by atoms with Crippen molar-refractivity contribution in [2.45, 2.75) is 25.1 Å². The average molecular weight is 302 g/mol. The first-order chi connectivity index (χ1) is 8.81. The molecule has 0 unspecified atom stereocenters. The second kappa shape index (κ2) is 7.17. The van der Waals surface area contributed by atoms with Gasteiger partial charge in [0.1, 0.15) is 0 Å². The zero-order valence-electron chi connectivity index (χ0n) is 11.8. The van der Waals surface area contributed by atoms with E-state index >= 15 is 0 Å². The minimum Gasteiger partial charge on any atom is -0.309 e. The van der Waals surface area contributed by atoms with Gasteiger partial charge >= 0.3 is 0 Å². The second-order valence-electron chi connectivity index (χ2n) is 4.67. The molecule has 0 radical (unpaired) electrons. The molecule has 0 saturated heterocycles. The van der Waals surface area contributed by atoms with Crippen molar-refractivity contribution in [1.29, 1.82) is 0 Å². The van der Waals surface area contributed by atoms with E-state index in [4.69, 9.17) is 0 Å². The third kappa shape index (κ3) is 6.31. The minimum absolute atomic E-state index is 0.252. The van der Waals surface area contributed by atoms with Gasteiger partial charge in [0.05, 0.1) is 6.26 Å². The van der Waals surface area contributed by atoms with Crippen LogP contribution in [0.15, 0.2) is 24.3 Å². The van der Waals surface area contributed by atoms with Crippen LogP contribution in [-0.4, -0.2) is 32.7 Å². The maximum atomic E-state index is 11.1. The molecule has 1 aromatic carbocycles. The molecular weight excluding hydrogens is 280 g/mol. The van der Waals surface area contributed by atoms with Crippen LogP contribution in [0, 0.1) is 0 Å². The van der Waals surface area contributed by atoms with Crippen LogP contribution < -0.4 is 10.0 Å². The molecule has 4 nitrogen and oxygen atoms in total. The van der Waals surface area contributed by atoms with E-state index < -0.39 is 10.0 Å². The van der Waals surface area contributed by atoms with Gasteiger partial charge in [0, 0.05) is 23.5 Å². The third-order valence-electron chi connectivity index (χ3n) is 2.83. The van der Waals surface area contributed by atoms with Crippen LogP contribution >= 0.6 is 11.8 Å². The Kier molecular flexibility index (Phi) is 6.16. The topological polar surface area (TPSA) is 58.2 Å². The summed E-state index contributed by atoms with van der Waals surface area (Å²) >= 11 is 1.83. The van der Waals surface area contributed by atoms with Gasteiger partial charge in [-0.2, -0.15) is 11.8 Å². The Bertz CT molecular complexity index is 486. The Morgan fingerprint density at radius 3 is 2.26 bits per heavy atom. The fourth-order valence-electron chi connectivity index (χ4n) is 1.60. The van der Waals surface area contributed by atoms with Crippen molar-refractivity contribution in [3.63, 3.8) is 0 Å². The highest BCUT2D eigenvalue weighted by molar-refractivity contribution is 7.99. The lowest BCUT2D eigenvalue weighted by molar-refractivity contribution is 0.576. The standard InChI is InChI=1S/C13H22N2O2S2/c1-10(18-3)9-14-11(2)12-5-7-13(8-6-12)15-19(4,16)17/h5-8,10-11,14-15H,9H2,1-4H3/t10-,11+/m0/s1. The quantitative estimate of drug-likeness (QED) is 0.812. The molecule has 6 heteroatoms. The van der Waals surface area contributed by atoms with Crippen molar-refractivity contribution in [3.05, 3.63) is 29.8 Å². The molecule has 2 atom stereocenters. The number of sulfonamides is 1. The fraction of sp³-hybridized carbons (Fsp3) is 0.538. The van der Waals surface area contributed by atoms with Crippen molar-refractivity contribution < 1.29 is 8.42 Å².